The number of benzene rings is 1. The van der Waals surface area contributed by atoms with E-state index in [2.05, 4.69) is 10.3 Å². The summed E-state index contributed by atoms with van der Waals surface area (Å²) in [5.74, 6) is 0.185. The molecule has 1 aliphatic heterocycles. The molecule has 8 heteroatoms. The molecule has 0 bridgehead atoms. The summed E-state index contributed by atoms with van der Waals surface area (Å²) in [6.07, 6.45) is 9.42. The van der Waals surface area contributed by atoms with Crippen molar-refractivity contribution in [2.45, 2.75) is 57.6 Å². The Kier molecular flexibility index (Phi) is 6.64. The van der Waals surface area contributed by atoms with Gasteiger partial charge in [-0.2, -0.15) is 0 Å². The lowest BCUT2D eigenvalue weighted by Crippen LogP contribution is -2.30. The van der Waals surface area contributed by atoms with E-state index < -0.39 is 4.92 Å². The van der Waals surface area contributed by atoms with Gasteiger partial charge < -0.3 is 15.0 Å². The highest BCUT2D eigenvalue weighted by molar-refractivity contribution is 5.95. The van der Waals surface area contributed by atoms with Gasteiger partial charge in [0.1, 0.15) is 11.8 Å². The Morgan fingerprint density at radius 3 is 2.68 bits per heavy atom. The minimum Gasteiger partial charge on any atom is -0.474 e. The molecule has 1 aliphatic carbocycles. The highest BCUT2D eigenvalue weighted by Crippen LogP contribution is 2.31. The van der Waals surface area contributed by atoms with Gasteiger partial charge in [-0.1, -0.05) is 6.07 Å². The summed E-state index contributed by atoms with van der Waals surface area (Å²) < 4.78 is 6.02. The largest absolute Gasteiger partial charge is 0.474 e. The van der Waals surface area contributed by atoms with Crippen LogP contribution in [0.1, 0.15) is 60.9 Å². The molecule has 0 atom stereocenters. The average molecular weight is 425 g/mol. The molecule has 1 saturated carbocycles. The number of rotatable bonds is 7. The first-order valence-electron chi connectivity index (χ1n) is 11.0. The molecule has 0 spiro atoms. The monoisotopic (exact) mass is 424 g/mol. The van der Waals surface area contributed by atoms with Crippen LogP contribution in [0.3, 0.4) is 0 Å². The topological polar surface area (TPSA) is 97.6 Å². The first kappa shape index (κ1) is 21.1. The van der Waals surface area contributed by atoms with Gasteiger partial charge in [0, 0.05) is 43.0 Å². The first-order chi connectivity index (χ1) is 15.1. The van der Waals surface area contributed by atoms with Gasteiger partial charge in [0.05, 0.1) is 4.92 Å². The summed E-state index contributed by atoms with van der Waals surface area (Å²) in [6, 6.07) is 8.40. The molecule has 31 heavy (non-hydrogen) atoms. The molecule has 2 aliphatic rings. The number of carbonyl (C=O) groups is 1. The highest BCUT2D eigenvalue weighted by atomic mass is 16.6. The molecule has 0 radical (unpaired) electrons. The summed E-state index contributed by atoms with van der Waals surface area (Å²) in [4.78, 5) is 30.3. The Morgan fingerprint density at radius 2 is 1.94 bits per heavy atom. The Balaban J connectivity index is 1.45. The van der Waals surface area contributed by atoms with Gasteiger partial charge >= 0.3 is 0 Å². The van der Waals surface area contributed by atoms with Crippen molar-refractivity contribution in [2.75, 3.05) is 18.0 Å². The maximum atomic E-state index is 12.7. The zero-order valence-electron chi connectivity index (χ0n) is 17.6. The minimum atomic E-state index is -0.407. The number of carbonyl (C=O) groups excluding carboxylic acids is 1. The minimum absolute atomic E-state index is 0.0267. The van der Waals surface area contributed by atoms with Gasteiger partial charge in [0.25, 0.3) is 11.6 Å². The van der Waals surface area contributed by atoms with E-state index in [9.17, 15) is 14.9 Å². The molecule has 0 unspecified atom stereocenters. The lowest BCUT2D eigenvalue weighted by molar-refractivity contribution is -0.384. The summed E-state index contributed by atoms with van der Waals surface area (Å²) >= 11 is 0. The fraction of sp³-hybridized carbons (Fsp3) is 0.478. The molecule has 4 rings (SSSR count). The lowest BCUT2D eigenvalue weighted by Gasteiger charge is -2.28. The van der Waals surface area contributed by atoms with E-state index in [0.29, 0.717) is 11.6 Å². The third-order valence-corrected chi connectivity index (χ3v) is 6.00. The van der Waals surface area contributed by atoms with Crippen molar-refractivity contribution >= 4 is 17.3 Å². The smallest absolute Gasteiger partial charge is 0.293 e. The number of pyridine rings is 1. The Bertz CT molecular complexity index is 937. The van der Waals surface area contributed by atoms with E-state index in [4.69, 9.17) is 4.74 Å². The van der Waals surface area contributed by atoms with E-state index in [1.54, 1.807) is 24.4 Å². The molecule has 1 aromatic carbocycles. The van der Waals surface area contributed by atoms with Crippen LogP contribution >= 0.6 is 0 Å². The number of hydrogen-bond donors (Lipinski definition) is 1. The maximum absolute atomic E-state index is 12.7. The fourth-order valence-electron chi connectivity index (χ4n) is 4.32. The van der Waals surface area contributed by atoms with Crippen LogP contribution in [-0.4, -0.2) is 35.0 Å². The van der Waals surface area contributed by atoms with Crippen LogP contribution in [0.5, 0.6) is 5.88 Å². The van der Waals surface area contributed by atoms with Crippen molar-refractivity contribution in [2.24, 2.45) is 0 Å². The lowest BCUT2D eigenvalue weighted by atomic mass is 10.1. The Morgan fingerprint density at radius 1 is 1.16 bits per heavy atom. The predicted octanol–water partition coefficient (Wildman–Crippen LogP) is 4.23. The molecule has 2 fully saturated rings. The SMILES string of the molecule is O=C(NCc1cccnc1OC1CCCC1)c1ccc(N2CCCCC2)c([N+](=O)[O-])c1. The number of piperidine rings is 1. The van der Waals surface area contributed by atoms with E-state index in [-0.39, 0.29) is 29.8 Å². The van der Waals surface area contributed by atoms with E-state index >= 15 is 0 Å². The zero-order chi connectivity index (χ0) is 21.6. The Labute approximate surface area is 181 Å². The molecule has 8 nitrogen and oxygen atoms in total. The number of amides is 1. The molecule has 164 valence electrons. The standard InChI is InChI=1S/C23H28N4O4/c28-22(25-16-18-7-6-12-24-23(18)31-19-8-2-3-9-19)17-10-11-20(21(15-17)27(29)30)26-13-4-1-5-14-26/h6-7,10-12,15,19H,1-5,8-9,13-14,16H2,(H,25,28). The predicted molar refractivity (Wildman–Crippen MR) is 117 cm³/mol. The van der Waals surface area contributed by atoms with E-state index in [0.717, 1.165) is 63.6 Å². The fourth-order valence-corrected chi connectivity index (χ4v) is 4.32. The van der Waals surface area contributed by atoms with Gasteiger partial charge in [-0.3, -0.25) is 14.9 Å². The highest BCUT2D eigenvalue weighted by Gasteiger charge is 2.23. The molecule has 2 heterocycles. The van der Waals surface area contributed by atoms with Gasteiger partial charge in [-0.15, -0.1) is 0 Å². The first-order valence-corrected chi connectivity index (χ1v) is 11.0. The second-order valence-corrected chi connectivity index (χ2v) is 8.18. The van der Waals surface area contributed by atoms with Crippen molar-refractivity contribution < 1.29 is 14.5 Å². The second-order valence-electron chi connectivity index (χ2n) is 8.18. The number of anilines is 1. The van der Waals surface area contributed by atoms with Gasteiger partial charge in [-0.25, -0.2) is 4.98 Å². The van der Waals surface area contributed by atoms with Crippen LogP contribution in [-0.2, 0) is 6.54 Å². The molecule has 1 amide bonds. The summed E-state index contributed by atoms with van der Waals surface area (Å²) in [7, 11) is 0. The van der Waals surface area contributed by atoms with Gasteiger partial charge in [-0.05, 0) is 63.1 Å². The molecular formula is C23H28N4O4. The second kappa shape index (κ2) is 9.76. The molecule has 2 aromatic rings. The zero-order valence-corrected chi connectivity index (χ0v) is 17.6. The van der Waals surface area contributed by atoms with Crippen LogP contribution < -0.4 is 15.0 Å². The van der Waals surface area contributed by atoms with Crippen LogP contribution in [0.25, 0.3) is 0 Å². The van der Waals surface area contributed by atoms with Crippen LogP contribution in [0, 0.1) is 10.1 Å². The molecular weight excluding hydrogens is 396 g/mol. The number of hydrogen-bond acceptors (Lipinski definition) is 6. The number of aromatic nitrogens is 1. The molecule has 1 aromatic heterocycles. The number of nitrogens with one attached hydrogen (secondary N) is 1. The number of nitro benzene ring substituents is 1. The van der Waals surface area contributed by atoms with Crippen molar-refractivity contribution in [3.05, 3.63) is 57.8 Å². The van der Waals surface area contributed by atoms with Crippen molar-refractivity contribution in [3.63, 3.8) is 0 Å². The van der Waals surface area contributed by atoms with Crippen LogP contribution in [0.2, 0.25) is 0 Å². The summed E-state index contributed by atoms with van der Waals surface area (Å²) in [5, 5.41) is 14.5. The number of ether oxygens (including phenoxy) is 1. The van der Waals surface area contributed by atoms with Crippen LogP contribution in [0.15, 0.2) is 36.5 Å². The summed E-state index contributed by atoms with van der Waals surface area (Å²) in [6.45, 7) is 1.85. The third kappa shape index (κ3) is 5.13. The third-order valence-electron chi connectivity index (χ3n) is 6.00. The number of nitro groups is 1. The van der Waals surface area contributed by atoms with Crippen molar-refractivity contribution in [1.29, 1.82) is 0 Å². The normalized spacial score (nSPS) is 16.8. The van der Waals surface area contributed by atoms with Crippen LogP contribution in [0.4, 0.5) is 11.4 Å². The molecule has 1 saturated heterocycles. The van der Waals surface area contributed by atoms with Crippen molar-refractivity contribution in [1.82, 2.24) is 10.3 Å². The Hall–Kier alpha value is -3.16. The maximum Gasteiger partial charge on any atom is 0.293 e. The average Bonchev–Trinajstić information content (AvgIpc) is 3.31. The van der Waals surface area contributed by atoms with Gasteiger partial charge in [0.15, 0.2) is 0 Å². The van der Waals surface area contributed by atoms with E-state index in [1.165, 1.54) is 6.07 Å². The van der Waals surface area contributed by atoms with E-state index in [1.807, 2.05) is 11.0 Å². The molecule has 1 N–H and O–H groups in total. The van der Waals surface area contributed by atoms with Gasteiger partial charge in [0.2, 0.25) is 5.88 Å². The van der Waals surface area contributed by atoms with Crippen molar-refractivity contribution in [3.8, 4) is 5.88 Å². The summed E-state index contributed by atoms with van der Waals surface area (Å²) in [5.41, 5.74) is 1.62. The quantitative estimate of drug-likeness (QED) is 0.528. The number of nitrogens with zero attached hydrogens (tertiary/aromatic N) is 3.